The van der Waals surface area contributed by atoms with Crippen molar-refractivity contribution in [2.75, 3.05) is 13.2 Å². The predicted molar refractivity (Wildman–Crippen MR) is 53.9 cm³/mol. The Kier molecular flexibility index (Phi) is 7.02. The van der Waals surface area contributed by atoms with E-state index in [9.17, 15) is 0 Å². The van der Waals surface area contributed by atoms with E-state index >= 15 is 0 Å². The highest BCUT2D eigenvalue weighted by atomic mass is 35.6. The second-order valence-electron chi connectivity index (χ2n) is 2.93. The minimum absolute atomic E-state index is 0.693. The maximum atomic E-state index is 5.89. The molecule has 0 rings (SSSR count). The summed E-state index contributed by atoms with van der Waals surface area (Å²) in [5.41, 5.74) is 1.08. The highest BCUT2D eigenvalue weighted by molar-refractivity contribution is 7.06. The Hall–Kier alpha value is 0.207. The van der Waals surface area contributed by atoms with Gasteiger partial charge < -0.3 is 4.74 Å². The molecule has 0 saturated carbocycles. The molecule has 0 fully saturated rings. The van der Waals surface area contributed by atoms with E-state index in [1.807, 2.05) is 6.92 Å². The molecule has 0 aromatic heterocycles. The lowest BCUT2D eigenvalue weighted by Crippen LogP contribution is -2.01. The quantitative estimate of drug-likeness (QED) is 0.272. The lowest BCUT2D eigenvalue weighted by molar-refractivity contribution is 0.157. The van der Waals surface area contributed by atoms with Crippen LogP contribution in [0.1, 0.15) is 13.3 Å². The van der Waals surface area contributed by atoms with Crippen molar-refractivity contribution in [3.05, 3.63) is 12.2 Å². The number of ether oxygens (including phenoxy) is 1. The van der Waals surface area contributed by atoms with Crippen LogP contribution >= 0.6 is 11.1 Å². The molecule has 1 nitrogen and oxygen atoms in total. The van der Waals surface area contributed by atoms with E-state index < -0.39 is 8.11 Å². The van der Waals surface area contributed by atoms with Gasteiger partial charge in [0.25, 0.3) is 0 Å². The van der Waals surface area contributed by atoms with Crippen LogP contribution in [0.15, 0.2) is 12.2 Å². The van der Waals surface area contributed by atoms with Crippen molar-refractivity contribution in [2.24, 2.45) is 0 Å². The average Bonchev–Trinajstić information content (AvgIpc) is 1.85. The fourth-order valence-corrected chi connectivity index (χ4v) is 1.91. The number of hydrogen-bond acceptors (Lipinski definition) is 1. The zero-order valence-corrected chi connectivity index (χ0v) is 9.31. The lowest BCUT2D eigenvalue weighted by atomic mass is 10.4. The van der Waals surface area contributed by atoms with E-state index in [1.54, 1.807) is 0 Å². The molecule has 3 heteroatoms. The molecule has 0 heterocycles. The SMILES string of the molecule is C=C(C)COCCC[SiH](C)Cl. The van der Waals surface area contributed by atoms with Crippen LogP contribution in [0, 0.1) is 0 Å². The van der Waals surface area contributed by atoms with Gasteiger partial charge in [0.1, 0.15) is 8.11 Å². The monoisotopic (exact) mass is 192 g/mol. The fraction of sp³-hybridized carbons (Fsp3) is 0.750. The Morgan fingerprint density at radius 1 is 1.64 bits per heavy atom. The van der Waals surface area contributed by atoms with Crippen molar-refractivity contribution in [2.45, 2.75) is 25.9 Å². The third kappa shape index (κ3) is 10.2. The molecule has 11 heavy (non-hydrogen) atoms. The van der Waals surface area contributed by atoms with Crippen LogP contribution in [-0.2, 0) is 4.74 Å². The minimum Gasteiger partial charge on any atom is -0.377 e. The first-order valence-corrected chi connectivity index (χ1v) is 7.71. The maximum Gasteiger partial charge on any atom is 0.138 e. The first-order chi connectivity index (χ1) is 5.13. The Morgan fingerprint density at radius 3 is 2.73 bits per heavy atom. The molecule has 0 bridgehead atoms. The van der Waals surface area contributed by atoms with Crippen LogP contribution < -0.4 is 0 Å². The van der Waals surface area contributed by atoms with Gasteiger partial charge in [-0.2, -0.15) is 11.1 Å². The van der Waals surface area contributed by atoms with Gasteiger partial charge in [-0.15, -0.1) is 0 Å². The molecular weight excluding hydrogens is 176 g/mol. The second-order valence-corrected chi connectivity index (χ2v) is 7.31. The molecule has 0 aromatic rings. The van der Waals surface area contributed by atoms with Gasteiger partial charge in [0.15, 0.2) is 0 Å². The average molecular weight is 193 g/mol. The van der Waals surface area contributed by atoms with Gasteiger partial charge in [0.2, 0.25) is 0 Å². The third-order valence-electron chi connectivity index (χ3n) is 1.24. The first-order valence-electron chi connectivity index (χ1n) is 3.99. The van der Waals surface area contributed by atoms with E-state index in [-0.39, 0.29) is 0 Å². The molecule has 0 saturated heterocycles. The summed E-state index contributed by atoms with van der Waals surface area (Å²) >= 11 is 5.89. The number of hydrogen-bond donors (Lipinski definition) is 0. The molecule has 0 amide bonds. The molecule has 0 aliphatic heterocycles. The third-order valence-corrected chi connectivity index (χ3v) is 3.10. The van der Waals surface area contributed by atoms with E-state index in [1.165, 1.54) is 0 Å². The van der Waals surface area contributed by atoms with E-state index in [0.29, 0.717) is 6.61 Å². The van der Waals surface area contributed by atoms with E-state index in [2.05, 4.69) is 13.1 Å². The van der Waals surface area contributed by atoms with Crippen molar-refractivity contribution < 1.29 is 4.74 Å². The van der Waals surface area contributed by atoms with Gasteiger partial charge >= 0.3 is 0 Å². The normalized spacial score (nSPS) is 13.0. The largest absolute Gasteiger partial charge is 0.377 e. The van der Waals surface area contributed by atoms with Crippen LogP contribution in [-0.4, -0.2) is 21.3 Å². The van der Waals surface area contributed by atoms with Crippen LogP contribution in [0.25, 0.3) is 0 Å². The predicted octanol–water partition coefficient (Wildman–Crippen LogP) is 2.56. The summed E-state index contributed by atoms with van der Waals surface area (Å²) < 4.78 is 5.31. The minimum atomic E-state index is -0.868. The van der Waals surface area contributed by atoms with Gasteiger partial charge in [-0.1, -0.05) is 18.7 Å². The van der Waals surface area contributed by atoms with Crippen molar-refractivity contribution in [1.82, 2.24) is 0 Å². The fourth-order valence-electron chi connectivity index (χ4n) is 0.713. The molecule has 1 atom stereocenters. The molecule has 1 unspecified atom stereocenters. The van der Waals surface area contributed by atoms with Crippen molar-refractivity contribution >= 4 is 19.2 Å². The zero-order chi connectivity index (χ0) is 8.69. The Morgan fingerprint density at radius 2 is 2.27 bits per heavy atom. The van der Waals surface area contributed by atoms with E-state index in [4.69, 9.17) is 15.8 Å². The van der Waals surface area contributed by atoms with Crippen molar-refractivity contribution in [3.8, 4) is 0 Å². The summed E-state index contributed by atoms with van der Waals surface area (Å²) in [6.45, 7) is 9.38. The summed E-state index contributed by atoms with van der Waals surface area (Å²) in [7, 11) is -0.868. The first kappa shape index (κ1) is 11.2. The molecular formula is C8H17ClOSi. The molecule has 66 valence electrons. The standard InChI is InChI=1S/C8H17ClOSi/c1-8(2)7-10-5-4-6-11(3)9/h11H,1,4-7H2,2-3H3. The highest BCUT2D eigenvalue weighted by Crippen LogP contribution is 2.01. The van der Waals surface area contributed by atoms with Crippen molar-refractivity contribution in [1.29, 1.82) is 0 Å². The summed E-state index contributed by atoms with van der Waals surface area (Å²) in [4.78, 5) is 0. The van der Waals surface area contributed by atoms with Gasteiger partial charge in [-0.25, -0.2) is 0 Å². The van der Waals surface area contributed by atoms with Gasteiger partial charge in [-0.3, -0.25) is 0 Å². The van der Waals surface area contributed by atoms with E-state index in [0.717, 1.165) is 24.6 Å². The van der Waals surface area contributed by atoms with Gasteiger partial charge in [0.05, 0.1) is 6.61 Å². The molecule has 0 aromatic carbocycles. The molecule has 0 spiro atoms. The summed E-state index contributed by atoms with van der Waals surface area (Å²) in [5, 5.41) is 0. The van der Waals surface area contributed by atoms with Crippen molar-refractivity contribution in [3.63, 3.8) is 0 Å². The lowest BCUT2D eigenvalue weighted by Gasteiger charge is -2.03. The maximum absolute atomic E-state index is 5.89. The number of halogens is 1. The van der Waals surface area contributed by atoms with Gasteiger partial charge in [-0.05, 0) is 19.4 Å². The summed E-state index contributed by atoms with van der Waals surface area (Å²) in [5.74, 6) is 0. The van der Waals surface area contributed by atoms with Crippen LogP contribution in [0.2, 0.25) is 12.6 Å². The summed E-state index contributed by atoms with van der Waals surface area (Å²) in [6.07, 6.45) is 1.10. The van der Waals surface area contributed by atoms with Crippen LogP contribution in [0.5, 0.6) is 0 Å². The molecule has 0 aliphatic rings. The number of rotatable bonds is 6. The summed E-state index contributed by atoms with van der Waals surface area (Å²) in [6, 6.07) is 1.16. The Balaban J connectivity index is 2.97. The van der Waals surface area contributed by atoms with Crippen LogP contribution in [0.3, 0.4) is 0 Å². The highest BCUT2D eigenvalue weighted by Gasteiger charge is 1.97. The molecule has 0 N–H and O–H groups in total. The second kappa shape index (κ2) is 6.89. The smallest absolute Gasteiger partial charge is 0.138 e. The molecule has 0 radical (unpaired) electrons. The van der Waals surface area contributed by atoms with Crippen LogP contribution in [0.4, 0.5) is 0 Å². The Labute approximate surface area is 75.7 Å². The zero-order valence-electron chi connectivity index (χ0n) is 7.40. The Bertz CT molecular complexity index is 115. The van der Waals surface area contributed by atoms with Gasteiger partial charge in [0, 0.05) is 6.61 Å². The molecule has 0 aliphatic carbocycles. The topological polar surface area (TPSA) is 9.23 Å².